The molecule has 3 aromatic rings. The van der Waals surface area contributed by atoms with E-state index in [9.17, 15) is 4.79 Å². The Labute approximate surface area is 196 Å². The van der Waals surface area contributed by atoms with Crippen LogP contribution < -0.4 is 14.8 Å². The number of nitrogens with one attached hydrogen (secondary N) is 1. The molecule has 0 spiro atoms. The summed E-state index contributed by atoms with van der Waals surface area (Å²) in [6, 6.07) is 17.2. The Morgan fingerprint density at radius 3 is 2.62 bits per heavy atom. The van der Waals surface area contributed by atoms with E-state index >= 15 is 0 Å². The fourth-order valence-electron chi connectivity index (χ4n) is 3.96. The van der Waals surface area contributed by atoms with Gasteiger partial charge in [-0.05, 0) is 71.7 Å². The van der Waals surface area contributed by atoms with E-state index in [1.165, 1.54) is 12.8 Å². The molecule has 1 fully saturated rings. The van der Waals surface area contributed by atoms with Gasteiger partial charge >= 0.3 is 0 Å². The smallest absolute Gasteiger partial charge is 0.251 e. The van der Waals surface area contributed by atoms with Gasteiger partial charge in [-0.1, -0.05) is 30.3 Å². The number of amides is 1. The molecule has 4 rings (SSSR count). The molecule has 6 nitrogen and oxygen atoms in total. The second-order valence-corrected chi connectivity index (χ2v) is 8.60. The van der Waals surface area contributed by atoms with Crippen molar-refractivity contribution in [2.75, 3.05) is 26.7 Å². The van der Waals surface area contributed by atoms with Gasteiger partial charge in [-0.2, -0.15) is 0 Å². The van der Waals surface area contributed by atoms with E-state index in [0.717, 1.165) is 24.4 Å². The first-order valence-electron chi connectivity index (χ1n) is 10.8. The van der Waals surface area contributed by atoms with E-state index in [4.69, 9.17) is 13.9 Å². The zero-order valence-corrected chi connectivity index (χ0v) is 19.6. The molecule has 0 radical (unpaired) electrons. The van der Waals surface area contributed by atoms with Crippen LogP contribution in [-0.4, -0.2) is 37.6 Å². The van der Waals surface area contributed by atoms with Crippen LogP contribution in [0.4, 0.5) is 0 Å². The molecule has 0 aliphatic carbocycles. The highest BCUT2D eigenvalue weighted by Crippen LogP contribution is 2.37. The van der Waals surface area contributed by atoms with Crippen molar-refractivity contribution in [3.63, 3.8) is 0 Å². The number of hydrogen-bond acceptors (Lipinski definition) is 5. The van der Waals surface area contributed by atoms with Gasteiger partial charge in [0.15, 0.2) is 11.5 Å². The van der Waals surface area contributed by atoms with Crippen molar-refractivity contribution in [2.45, 2.75) is 25.5 Å². The van der Waals surface area contributed by atoms with Gasteiger partial charge in [-0.15, -0.1) is 0 Å². The maximum absolute atomic E-state index is 13.0. The first-order valence-corrected chi connectivity index (χ1v) is 11.5. The van der Waals surface area contributed by atoms with Crippen LogP contribution in [0, 0.1) is 0 Å². The zero-order chi connectivity index (χ0) is 22.3. The Kier molecular flexibility index (Phi) is 7.50. The molecule has 1 N–H and O–H groups in total. The van der Waals surface area contributed by atoms with Crippen LogP contribution in [0.5, 0.6) is 11.5 Å². The summed E-state index contributed by atoms with van der Waals surface area (Å²) in [7, 11) is 1.57. The van der Waals surface area contributed by atoms with Crippen molar-refractivity contribution in [3.8, 4) is 11.5 Å². The van der Waals surface area contributed by atoms with Gasteiger partial charge in [-0.25, -0.2) is 0 Å². The van der Waals surface area contributed by atoms with Crippen LogP contribution in [0.25, 0.3) is 0 Å². The number of nitrogens with zero attached hydrogens (tertiary/aromatic N) is 1. The number of carbonyl (C=O) groups is 1. The van der Waals surface area contributed by atoms with E-state index in [1.54, 1.807) is 25.5 Å². The first kappa shape index (κ1) is 22.4. The number of benzene rings is 2. The van der Waals surface area contributed by atoms with Crippen LogP contribution in [0.1, 0.15) is 40.6 Å². The van der Waals surface area contributed by atoms with E-state index < -0.39 is 0 Å². The maximum Gasteiger partial charge on any atom is 0.251 e. The molecule has 168 valence electrons. The van der Waals surface area contributed by atoms with Crippen molar-refractivity contribution in [3.05, 3.63) is 82.2 Å². The molecule has 1 unspecified atom stereocenters. The summed E-state index contributed by atoms with van der Waals surface area (Å²) in [5, 5.41) is 3.06. The quantitative estimate of drug-likeness (QED) is 0.439. The highest BCUT2D eigenvalue weighted by Gasteiger charge is 2.26. The number of halogens is 1. The normalized spacial score (nSPS) is 14.8. The minimum Gasteiger partial charge on any atom is -0.493 e. The molecule has 1 saturated heterocycles. The Bertz CT molecular complexity index is 1020. The SMILES string of the molecule is COc1cc(C(=O)NCC(c2ccco2)N2CCCC2)cc(Br)c1OCc1ccccc1. The minimum atomic E-state index is -0.172. The van der Waals surface area contributed by atoms with Crippen LogP contribution in [0.15, 0.2) is 69.8 Å². The predicted molar refractivity (Wildman–Crippen MR) is 126 cm³/mol. The lowest BCUT2D eigenvalue weighted by atomic mass is 10.1. The second-order valence-electron chi connectivity index (χ2n) is 7.75. The fraction of sp³-hybridized carbons (Fsp3) is 0.320. The largest absolute Gasteiger partial charge is 0.493 e. The summed E-state index contributed by atoms with van der Waals surface area (Å²) < 4.78 is 17.8. The minimum absolute atomic E-state index is 0.0234. The number of rotatable bonds is 9. The Morgan fingerprint density at radius 1 is 1.16 bits per heavy atom. The molecular weight excluding hydrogens is 472 g/mol. The molecule has 1 aliphatic heterocycles. The molecule has 32 heavy (non-hydrogen) atoms. The van der Waals surface area contributed by atoms with E-state index in [-0.39, 0.29) is 11.9 Å². The zero-order valence-electron chi connectivity index (χ0n) is 18.1. The topological polar surface area (TPSA) is 63.9 Å². The average Bonchev–Trinajstić information content (AvgIpc) is 3.54. The van der Waals surface area contributed by atoms with Crippen molar-refractivity contribution in [2.24, 2.45) is 0 Å². The van der Waals surface area contributed by atoms with E-state index in [1.807, 2.05) is 42.5 Å². The van der Waals surface area contributed by atoms with E-state index in [0.29, 0.717) is 34.7 Å². The highest BCUT2D eigenvalue weighted by atomic mass is 79.9. The molecule has 1 amide bonds. The molecule has 2 aromatic carbocycles. The summed E-state index contributed by atoms with van der Waals surface area (Å²) in [6.07, 6.45) is 4.01. The molecule has 0 bridgehead atoms. The van der Waals surface area contributed by atoms with Crippen LogP contribution in [0.2, 0.25) is 0 Å². The average molecular weight is 499 g/mol. The lowest BCUT2D eigenvalue weighted by molar-refractivity contribution is 0.0933. The lowest BCUT2D eigenvalue weighted by Gasteiger charge is -2.26. The Morgan fingerprint density at radius 2 is 1.94 bits per heavy atom. The summed E-state index contributed by atoms with van der Waals surface area (Å²) in [6.45, 7) is 2.89. The summed E-state index contributed by atoms with van der Waals surface area (Å²) in [4.78, 5) is 15.3. The standard InChI is InChI=1S/C25H27BrN2O4/c1-30-23-15-19(14-20(26)24(23)32-17-18-8-3-2-4-9-18)25(29)27-16-21(22-10-7-13-31-22)28-11-5-6-12-28/h2-4,7-10,13-15,21H,5-6,11-12,16-17H2,1H3,(H,27,29). The third kappa shape index (κ3) is 5.34. The van der Waals surface area contributed by atoms with Crippen molar-refractivity contribution < 1.29 is 18.7 Å². The van der Waals surface area contributed by atoms with Crippen molar-refractivity contribution in [1.29, 1.82) is 0 Å². The number of likely N-dealkylation sites (tertiary alicyclic amines) is 1. The van der Waals surface area contributed by atoms with Gasteiger partial charge in [0.1, 0.15) is 12.4 Å². The third-order valence-electron chi connectivity index (χ3n) is 5.63. The van der Waals surface area contributed by atoms with Gasteiger partial charge in [0, 0.05) is 12.1 Å². The third-order valence-corrected chi connectivity index (χ3v) is 6.22. The molecule has 1 aromatic heterocycles. The van der Waals surface area contributed by atoms with Gasteiger partial charge < -0.3 is 19.2 Å². The molecule has 7 heteroatoms. The fourth-order valence-corrected chi connectivity index (χ4v) is 4.51. The van der Waals surface area contributed by atoms with Crippen molar-refractivity contribution >= 4 is 21.8 Å². The monoisotopic (exact) mass is 498 g/mol. The highest BCUT2D eigenvalue weighted by molar-refractivity contribution is 9.10. The van der Waals surface area contributed by atoms with Gasteiger partial charge in [0.25, 0.3) is 5.91 Å². The molecule has 1 aliphatic rings. The van der Waals surface area contributed by atoms with E-state index in [2.05, 4.69) is 26.1 Å². The second kappa shape index (κ2) is 10.7. The van der Waals surface area contributed by atoms with Crippen LogP contribution in [-0.2, 0) is 6.61 Å². The molecular formula is C25H27BrN2O4. The molecule has 1 atom stereocenters. The first-order chi connectivity index (χ1) is 15.7. The van der Waals surface area contributed by atoms with Gasteiger partial charge in [0.05, 0.1) is 23.9 Å². The number of carbonyl (C=O) groups excluding carboxylic acids is 1. The summed E-state index contributed by atoms with van der Waals surface area (Å²) in [5.41, 5.74) is 1.55. The summed E-state index contributed by atoms with van der Waals surface area (Å²) >= 11 is 3.54. The maximum atomic E-state index is 13.0. The van der Waals surface area contributed by atoms with Gasteiger partial charge in [-0.3, -0.25) is 9.69 Å². The summed E-state index contributed by atoms with van der Waals surface area (Å²) in [5.74, 6) is 1.77. The molecule has 2 heterocycles. The lowest BCUT2D eigenvalue weighted by Crippen LogP contribution is -2.36. The Balaban J connectivity index is 1.45. The van der Waals surface area contributed by atoms with Gasteiger partial charge in [0.2, 0.25) is 0 Å². The number of ether oxygens (including phenoxy) is 2. The Hall–Kier alpha value is -2.77. The predicted octanol–water partition coefficient (Wildman–Crippen LogP) is 5.20. The van der Waals surface area contributed by atoms with Crippen LogP contribution in [0.3, 0.4) is 0 Å². The number of methoxy groups -OCH3 is 1. The number of hydrogen-bond donors (Lipinski definition) is 1. The van der Waals surface area contributed by atoms with Crippen molar-refractivity contribution in [1.82, 2.24) is 10.2 Å². The van der Waals surface area contributed by atoms with Crippen LogP contribution >= 0.6 is 15.9 Å². The number of furan rings is 1. The molecule has 0 saturated carbocycles.